The molecule has 0 bridgehead atoms. The second kappa shape index (κ2) is 10.5. The summed E-state index contributed by atoms with van der Waals surface area (Å²) >= 11 is 0. The highest BCUT2D eigenvalue weighted by Gasteiger charge is 2.25. The number of amides is 1. The zero-order valence-electron chi connectivity index (χ0n) is 21.7. The number of carbonyl (C=O) groups is 2. The summed E-state index contributed by atoms with van der Waals surface area (Å²) in [6.07, 6.45) is 3.71. The first kappa shape index (κ1) is 24.4. The Hall–Kier alpha value is -4.91. The van der Waals surface area contributed by atoms with Crippen LogP contribution in [0.3, 0.4) is 0 Å². The van der Waals surface area contributed by atoms with Gasteiger partial charge in [0.2, 0.25) is 0 Å². The lowest BCUT2D eigenvalue weighted by atomic mass is 10.0. The Morgan fingerprint density at radius 2 is 1.51 bits per heavy atom. The fourth-order valence-corrected chi connectivity index (χ4v) is 5.13. The second-order valence-electron chi connectivity index (χ2n) is 9.77. The maximum absolute atomic E-state index is 13.5. The molecule has 1 fully saturated rings. The van der Waals surface area contributed by atoms with Gasteiger partial charge in [0, 0.05) is 61.0 Å². The van der Waals surface area contributed by atoms with Gasteiger partial charge in [0.1, 0.15) is 11.5 Å². The van der Waals surface area contributed by atoms with Gasteiger partial charge < -0.3 is 19.5 Å². The number of pyridine rings is 2. The number of benzene rings is 2. The number of aromatic nitrogens is 2. The maximum atomic E-state index is 13.5. The molecule has 1 amide bonds. The van der Waals surface area contributed by atoms with E-state index in [0.29, 0.717) is 11.4 Å². The Kier molecular flexibility index (Phi) is 6.55. The van der Waals surface area contributed by atoms with Crippen LogP contribution in [-0.2, 0) is 4.79 Å². The SMILES string of the molecule is Cc1ccc2cc(-c3ccccc3)c(C(=O)C(=O)Nc3ccc(N4CCN(c5ccccn5)CC4)cc3)n2c1. The van der Waals surface area contributed by atoms with Crippen LogP contribution in [0.25, 0.3) is 16.6 Å². The third-order valence-electron chi connectivity index (χ3n) is 7.17. The Bertz CT molecular complexity index is 1620. The predicted octanol–water partition coefficient (Wildman–Crippen LogP) is 5.46. The molecule has 0 aliphatic carbocycles. The van der Waals surface area contributed by atoms with Crippen LogP contribution < -0.4 is 15.1 Å². The first-order valence-corrected chi connectivity index (χ1v) is 13.1. The van der Waals surface area contributed by atoms with Crippen molar-refractivity contribution in [2.24, 2.45) is 0 Å². The molecule has 7 nitrogen and oxygen atoms in total. The molecule has 1 aliphatic rings. The lowest BCUT2D eigenvalue weighted by molar-refractivity contribution is -0.112. The highest BCUT2D eigenvalue weighted by molar-refractivity contribution is 6.47. The summed E-state index contributed by atoms with van der Waals surface area (Å²) < 4.78 is 1.81. The molecule has 194 valence electrons. The fraction of sp³-hybridized carbons (Fsp3) is 0.156. The third-order valence-corrected chi connectivity index (χ3v) is 7.17. The highest BCUT2D eigenvalue weighted by Crippen LogP contribution is 2.29. The normalized spacial score (nSPS) is 13.5. The molecular weight excluding hydrogens is 486 g/mol. The Balaban J connectivity index is 1.17. The van der Waals surface area contributed by atoms with Crippen molar-refractivity contribution < 1.29 is 9.59 Å². The summed E-state index contributed by atoms with van der Waals surface area (Å²) in [5.74, 6) is -0.235. The minimum Gasteiger partial charge on any atom is -0.368 e. The number of carbonyl (C=O) groups excluding carboxylic acids is 2. The van der Waals surface area contributed by atoms with Gasteiger partial charge in [-0.3, -0.25) is 9.59 Å². The molecule has 2 aromatic carbocycles. The molecule has 39 heavy (non-hydrogen) atoms. The van der Waals surface area contributed by atoms with Crippen molar-refractivity contribution in [2.75, 3.05) is 41.3 Å². The molecule has 4 heterocycles. The van der Waals surface area contributed by atoms with Gasteiger partial charge in [0.05, 0.1) is 0 Å². The lowest BCUT2D eigenvalue weighted by Crippen LogP contribution is -2.46. The monoisotopic (exact) mass is 515 g/mol. The predicted molar refractivity (Wildman–Crippen MR) is 156 cm³/mol. The molecule has 7 heteroatoms. The van der Waals surface area contributed by atoms with Gasteiger partial charge in [-0.2, -0.15) is 0 Å². The van der Waals surface area contributed by atoms with Crippen LogP contribution in [0, 0.1) is 6.92 Å². The summed E-state index contributed by atoms with van der Waals surface area (Å²) in [6.45, 7) is 5.50. The van der Waals surface area contributed by atoms with E-state index in [9.17, 15) is 9.59 Å². The smallest absolute Gasteiger partial charge is 0.298 e. The van der Waals surface area contributed by atoms with Crippen LogP contribution in [0.5, 0.6) is 0 Å². The van der Waals surface area contributed by atoms with Gasteiger partial charge in [0.25, 0.3) is 11.7 Å². The zero-order valence-corrected chi connectivity index (χ0v) is 21.7. The van der Waals surface area contributed by atoms with Gasteiger partial charge in [-0.25, -0.2) is 4.98 Å². The van der Waals surface area contributed by atoms with Crippen molar-refractivity contribution in [3.8, 4) is 11.1 Å². The summed E-state index contributed by atoms with van der Waals surface area (Å²) in [5, 5.41) is 2.81. The number of aryl methyl sites for hydroxylation is 1. The summed E-state index contributed by atoms with van der Waals surface area (Å²) in [4.78, 5) is 35.8. The Labute approximate surface area is 227 Å². The summed E-state index contributed by atoms with van der Waals surface area (Å²) in [5.41, 5.74) is 5.53. The van der Waals surface area contributed by atoms with E-state index in [2.05, 4.69) is 20.1 Å². The fourth-order valence-electron chi connectivity index (χ4n) is 5.13. The van der Waals surface area contributed by atoms with Crippen LogP contribution >= 0.6 is 0 Å². The minimum absolute atomic E-state index is 0.361. The van der Waals surface area contributed by atoms with Crippen molar-refractivity contribution in [3.05, 3.63) is 115 Å². The highest BCUT2D eigenvalue weighted by atomic mass is 16.2. The number of hydrogen-bond acceptors (Lipinski definition) is 5. The summed E-state index contributed by atoms with van der Waals surface area (Å²) in [6, 6.07) is 29.3. The molecule has 1 N–H and O–H groups in total. The van der Waals surface area contributed by atoms with E-state index >= 15 is 0 Å². The number of nitrogens with one attached hydrogen (secondary N) is 1. The first-order chi connectivity index (χ1) is 19.1. The summed E-state index contributed by atoms with van der Waals surface area (Å²) in [7, 11) is 0. The van der Waals surface area contributed by atoms with Gasteiger partial charge in [-0.1, -0.05) is 42.5 Å². The van der Waals surface area contributed by atoms with E-state index in [0.717, 1.165) is 59.9 Å². The minimum atomic E-state index is -0.662. The molecule has 0 spiro atoms. The number of nitrogens with zero attached hydrogens (tertiary/aromatic N) is 4. The number of Topliss-reactive ketones (excluding diaryl/α,β-unsaturated/α-hetero) is 1. The van der Waals surface area contributed by atoms with Crippen molar-refractivity contribution >= 4 is 34.4 Å². The van der Waals surface area contributed by atoms with Crippen molar-refractivity contribution in [1.82, 2.24) is 9.38 Å². The topological polar surface area (TPSA) is 70.0 Å². The molecule has 5 aromatic rings. The van der Waals surface area contributed by atoms with Crippen LogP contribution in [-0.4, -0.2) is 47.3 Å². The van der Waals surface area contributed by atoms with Crippen molar-refractivity contribution in [3.63, 3.8) is 0 Å². The van der Waals surface area contributed by atoms with Gasteiger partial charge >= 0.3 is 0 Å². The molecule has 0 unspecified atom stereocenters. The largest absolute Gasteiger partial charge is 0.368 e. The van der Waals surface area contributed by atoms with E-state index in [-0.39, 0.29) is 0 Å². The van der Waals surface area contributed by atoms with Gasteiger partial charge in [-0.05, 0) is 66.6 Å². The molecule has 1 aliphatic heterocycles. The lowest BCUT2D eigenvalue weighted by Gasteiger charge is -2.36. The van der Waals surface area contributed by atoms with Crippen LogP contribution in [0.2, 0.25) is 0 Å². The molecule has 0 saturated carbocycles. The van der Waals surface area contributed by atoms with E-state index in [1.807, 2.05) is 115 Å². The van der Waals surface area contributed by atoms with Gasteiger partial charge in [0.15, 0.2) is 0 Å². The average Bonchev–Trinajstić information content (AvgIpc) is 3.37. The second-order valence-corrected chi connectivity index (χ2v) is 9.77. The number of rotatable bonds is 6. The number of anilines is 3. The molecule has 0 radical (unpaired) electrons. The number of ketones is 1. The van der Waals surface area contributed by atoms with E-state index in [1.54, 1.807) is 0 Å². The number of hydrogen-bond donors (Lipinski definition) is 1. The average molecular weight is 516 g/mol. The molecule has 3 aromatic heterocycles. The van der Waals surface area contributed by atoms with E-state index in [1.165, 1.54) is 0 Å². The van der Waals surface area contributed by atoms with E-state index < -0.39 is 11.7 Å². The van der Waals surface area contributed by atoms with Crippen molar-refractivity contribution in [1.29, 1.82) is 0 Å². The quantitative estimate of drug-likeness (QED) is 0.240. The van der Waals surface area contributed by atoms with Crippen LogP contribution in [0.1, 0.15) is 16.1 Å². The van der Waals surface area contributed by atoms with Gasteiger partial charge in [-0.15, -0.1) is 0 Å². The van der Waals surface area contributed by atoms with Crippen LogP contribution in [0.4, 0.5) is 17.2 Å². The molecule has 1 saturated heterocycles. The number of piperazine rings is 1. The number of fused-ring (bicyclic) bond motifs is 1. The molecule has 6 rings (SSSR count). The standard InChI is InChI=1S/C32H29N5O2/c1-23-10-13-27-21-28(24-7-3-2-4-8-24)30(37(27)22-23)31(38)32(39)34-25-11-14-26(15-12-25)35-17-19-36(20-18-35)29-9-5-6-16-33-29/h2-16,21-22H,17-20H2,1H3,(H,34,39). The maximum Gasteiger partial charge on any atom is 0.298 e. The molecular formula is C32H29N5O2. The Morgan fingerprint density at radius 1 is 0.795 bits per heavy atom. The third kappa shape index (κ3) is 4.99. The first-order valence-electron chi connectivity index (χ1n) is 13.1. The van der Waals surface area contributed by atoms with Crippen LogP contribution in [0.15, 0.2) is 103 Å². The van der Waals surface area contributed by atoms with E-state index in [4.69, 9.17) is 0 Å². The van der Waals surface area contributed by atoms with Crippen molar-refractivity contribution in [2.45, 2.75) is 6.92 Å². The Morgan fingerprint density at radius 3 is 2.23 bits per heavy atom. The molecule has 0 atom stereocenters. The zero-order chi connectivity index (χ0) is 26.8.